The molecule has 2 aliphatic heterocycles. The Labute approximate surface area is 149 Å². The van der Waals surface area contributed by atoms with Crippen LogP contribution in [-0.2, 0) is 9.53 Å². The lowest BCUT2D eigenvalue weighted by Crippen LogP contribution is -2.49. The summed E-state index contributed by atoms with van der Waals surface area (Å²) < 4.78 is 5.44. The van der Waals surface area contributed by atoms with Crippen LogP contribution >= 0.6 is 0 Å². The van der Waals surface area contributed by atoms with Gasteiger partial charge in [-0.3, -0.25) is 9.69 Å². The third kappa shape index (κ3) is 8.56. The average Bonchev–Trinajstić information content (AvgIpc) is 2.60. The van der Waals surface area contributed by atoms with E-state index in [0.29, 0.717) is 6.54 Å². The number of hydrogen-bond acceptors (Lipinski definition) is 5. The first-order chi connectivity index (χ1) is 11.7. The van der Waals surface area contributed by atoms with Gasteiger partial charge in [-0.2, -0.15) is 0 Å². The zero-order valence-corrected chi connectivity index (χ0v) is 16.4. The van der Waals surface area contributed by atoms with Crippen molar-refractivity contribution >= 4 is 5.78 Å². The number of piperazine rings is 1. The fourth-order valence-corrected chi connectivity index (χ4v) is 3.54. The molecular formula is C19H39N3O2. The van der Waals surface area contributed by atoms with Crippen molar-refractivity contribution in [2.24, 2.45) is 5.92 Å². The van der Waals surface area contributed by atoms with Crippen LogP contribution in [0.3, 0.4) is 0 Å². The van der Waals surface area contributed by atoms with Gasteiger partial charge in [0, 0.05) is 45.9 Å². The Morgan fingerprint density at radius 1 is 0.958 bits per heavy atom. The fraction of sp³-hybridized carbons (Fsp3) is 0.947. The van der Waals surface area contributed by atoms with Crippen LogP contribution in [0.15, 0.2) is 0 Å². The lowest BCUT2D eigenvalue weighted by atomic mass is 9.96. The highest BCUT2D eigenvalue weighted by atomic mass is 16.5. The van der Waals surface area contributed by atoms with Crippen molar-refractivity contribution in [2.75, 3.05) is 72.1 Å². The van der Waals surface area contributed by atoms with Gasteiger partial charge >= 0.3 is 0 Å². The third-order valence-electron chi connectivity index (χ3n) is 4.89. The van der Waals surface area contributed by atoms with E-state index in [1.165, 1.54) is 32.5 Å². The number of ether oxygens (including phenoxy) is 1. The Balaban J connectivity index is 0.00000139. The minimum atomic E-state index is 0.285. The first-order valence-electron chi connectivity index (χ1n) is 9.91. The maximum Gasteiger partial charge on any atom is 0.143 e. The van der Waals surface area contributed by atoms with Gasteiger partial charge in [-0.1, -0.05) is 13.8 Å². The molecule has 142 valence electrons. The van der Waals surface area contributed by atoms with Gasteiger partial charge in [0.25, 0.3) is 0 Å². The van der Waals surface area contributed by atoms with Gasteiger partial charge in [-0.25, -0.2) is 0 Å². The van der Waals surface area contributed by atoms with E-state index in [2.05, 4.69) is 21.6 Å². The molecule has 2 rings (SSSR count). The molecule has 2 heterocycles. The number of hydrogen-bond donors (Lipinski definition) is 0. The first kappa shape index (κ1) is 21.6. The molecule has 5 nitrogen and oxygen atoms in total. The Morgan fingerprint density at radius 2 is 1.54 bits per heavy atom. The normalized spacial score (nSPS) is 21.3. The van der Waals surface area contributed by atoms with Crippen molar-refractivity contribution in [3.63, 3.8) is 0 Å². The second-order valence-electron chi connectivity index (χ2n) is 6.76. The number of carbonyl (C=O) groups excluding carboxylic acids is 1. The molecule has 0 spiro atoms. The standard InChI is InChI=1S/C17H33N3O2.C2H6/c1-3-22-13-12-18-6-4-17(5-7-18)15-20-10-8-19(9-11-20)14-16(2)21;1-2/h17H,3-15H2,1-2H3;1-2H3. The third-order valence-corrected chi connectivity index (χ3v) is 4.89. The maximum absolute atomic E-state index is 11.2. The number of nitrogens with zero attached hydrogens (tertiary/aromatic N) is 3. The first-order valence-corrected chi connectivity index (χ1v) is 9.91. The summed E-state index contributed by atoms with van der Waals surface area (Å²) in [6, 6.07) is 0. The fourth-order valence-electron chi connectivity index (χ4n) is 3.54. The van der Waals surface area contributed by atoms with Crippen LogP contribution in [0.2, 0.25) is 0 Å². The summed E-state index contributed by atoms with van der Waals surface area (Å²) in [4.78, 5) is 18.6. The molecule has 0 bridgehead atoms. The molecule has 0 aliphatic carbocycles. The number of carbonyl (C=O) groups is 1. The summed E-state index contributed by atoms with van der Waals surface area (Å²) in [6.07, 6.45) is 2.64. The second-order valence-corrected chi connectivity index (χ2v) is 6.76. The van der Waals surface area contributed by atoms with Crippen molar-refractivity contribution in [1.29, 1.82) is 0 Å². The van der Waals surface area contributed by atoms with Crippen molar-refractivity contribution in [2.45, 2.75) is 40.5 Å². The number of rotatable bonds is 8. The molecule has 0 atom stereocenters. The van der Waals surface area contributed by atoms with Gasteiger partial charge in [-0.15, -0.1) is 0 Å². The number of likely N-dealkylation sites (tertiary alicyclic amines) is 1. The molecule has 0 N–H and O–H groups in total. The minimum Gasteiger partial charge on any atom is -0.380 e. The predicted molar refractivity (Wildman–Crippen MR) is 101 cm³/mol. The van der Waals surface area contributed by atoms with E-state index in [1.54, 1.807) is 6.92 Å². The van der Waals surface area contributed by atoms with Gasteiger partial charge in [-0.05, 0) is 45.7 Å². The molecule has 0 amide bonds. The largest absolute Gasteiger partial charge is 0.380 e. The van der Waals surface area contributed by atoms with Crippen LogP contribution in [-0.4, -0.2) is 92.6 Å². The Kier molecular flexibility index (Phi) is 11.5. The molecule has 0 aromatic heterocycles. The SMILES string of the molecule is CC.CCOCCN1CCC(CN2CCN(CC(C)=O)CC2)CC1. The van der Waals surface area contributed by atoms with E-state index < -0.39 is 0 Å². The van der Waals surface area contributed by atoms with E-state index in [-0.39, 0.29) is 5.78 Å². The van der Waals surface area contributed by atoms with Crippen molar-refractivity contribution in [3.8, 4) is 0 Å². The monoisotopic (exact) mass is 341 g/mol. The van der Waals surface area contributed by atoms with Crippen LogP contribution in [0.1, 0.15) is 40.5 Å². The van der Waals surface area contributed by atoms with Crippen molar-refractivity contribution in [3.05, 3.63) is 0 Å². The number of piperidine rings is 1. The Bertz CT molecular complexity index is 323. The highest BCUT2D eigenvalue weighted by Gasteiger charge is 2.23. The van der Waals surface area contributed by atoms with Crippen LogP contribution in [0.25, 0.3) is 0 Å². The molecule has 0 unspecified atom stereocenters. The van der Waals surface area contributed by atoms with Crippen molar-refractivity contribution < 1.29 is 9.53 Å². The summed E-state index contributed by atoms with van der Waals surface area (Å²) in [6.45, 7) is 19.2. The minimum absolute atomic E-state index is 0.285. The topological polar surface area (TPSA) is 36.0 Å². The lowest BCUT2D eigenvalue weighted by molar-refractivity contribution is -0.118. The molecule has 2 saturated heterocycles. The molecule has 24 heavy (non-hydrogen) atoms. The molecule has 0 aromatic rings. The number of Topliss-reactive ketones (excluding diaryl/α,β-unsaturated/α-hetero) is 1. The van der Waals surface area contributed by atoms with Crippen LogP contribution in [0, 0.1) is 5.92 Å². The van der Waals surface area contributed by atoms with Gasteiger partial charge < -0.3 is 14.5 Å². The van der Waals surface area contributed by atoms with E-state index in [0.717, 1.165) is 51.9 Å². The second kappa shape index (κ2) is 12.8. The Hall–Kier alpha value is -0.490. The highest BCUT2D eigenvalue weighted by Crippen LogP contribution is 2.19. The molecule has 5 heteroatoms. The van der Waals surface area contributed by atoms with Gasteiger partial charge in [0.1, 0.15) is 5.78 Å². The zero-order chi connectivity index (χ0) is 17.8. The van der Waals surface area contributed by atoms with Crippen LogP contribution in [0.4, 0.5) is 0 Å². The summed E-state index contributed by atoms with van der Waals surface area (Å²) in [7, 11) is 0. The van der Waals surface area contributed by atoms with E-state index in [4.69, 9.17) is 4.74 Å². The van der Waals surface area contributed by atoms with Gasteiger partial charge in [0.15, 0.2) is 0 Å². The number of ketones is 1. The molecule has 0 saturated carbocycles. The molecule has 0 aromatic carbocycles. The van der Waals surface area contributed by atoms with Crippen molar-refractivity contribution in [1.82, 2.24) is 14.7 Å². The Morgan fingerprint density at radius 3 is 2.08 bits per heavy atom. The molecular weight excluding hydrogens is 302 g/mol. The highest BCUT2D eigenvalue weighted by molar-refractivity contribution is 5.77. The molecule has 2 aliphatic rings. The lowest BCUT2D eigenvalue weighted by Gasteiger charge is -2.38. The summed E-state index contributed by atoms with van der Waals surface area (Å²) in [5.74, 6) is 1.13. The van der Waals surface area contributed by atoms with E-state index in [1.807, 2.05) is 13.8 Å². The maximum atomic E-state index is 11.2. The quantitative estimate of drug-likeness (QED) is 0.631. The van der Waals surface area contributed by atoms with Crippen LogP contribution < -0.4 is 0 Å². The molecule has 0 radical (unpaired) electrons. The average molecular weight is 342 g/mol. The summed E-state index contributed by atoms with van der Waals surface area (Å²) in [5.41, 5.74) is 0. The van der Waals surface area contributed by atoms with E-state index >= 15 is 0 Å². The van der Waals surface area contributed by atoms with Gasteiger partial charge in [0.2, 0.25) is 0 Å². The van der Waals surface area contributed by atoms with Gasteiger partial charge in [0.05, 0.1) is 13.2 Å². The van der Waals surface area contributed by atoms with E-state index in [9.17, 15) is 4.79 Å². The smallest absolute Gasteiger partial charge is 0.143 e. The summed E-state index contributed by atoms with van der Waals surface area (Å²) in [5, 5.41) is 0. The zero-order valence-electron chi connectivity index (χ0n) is 16.4. The predicted octanol–water partition coefficient (Wildman–Crippen LogP) is 1.97. The molecule has 2 fully saturated rings. The van der Waals surface area contributed by atoms with Crippen LogP contribution in [0.5, 0.6) is 0 Å². The summed E-state index contributed by atoms with van der Waals surface area (Å²) >= 11 is 0.